The van der Waals surface area contributed by atoms with E-state index in [-0.39, 0.29) is 22.3 Å². The lowest BCUT2D eigenvalue weighted by Gasteiger charge is -2.06. The van der Waals surface area contributed by atoms with Crippen molar-refractivity contribution >= 4 is 23.5 Å². The number of allylic oxidation sites excluding steroid dienone is 1. The minimum Gasteiger partial charge on any atom is -0.503 e. The number of carbonyl (C=O) groups excluding carboxylic acids is 1. The molecule has 0 atom stereocenters. The molecule has 0 spiro atoms. The number of carbonyl (C=O) groups is 1. The molecule has 0 aliphatic rings. The number of phenols is 1. The lowest BCUT2D eigenvalue weighted by Crippen LogP contribution is -1.94. The maximum atomic E-state index is 12.4. The number of hydrogen-bond donors (Lipinski definition) is 1. The van der Waals surface area contributed by atoms with Crippen LogP contribution in [0.4, 0.5) is 0 Å². The van der Waals surface area contributed by atoms with Gasteiger partial charge in [0.2, 0.25) is 0 Å². The molecule has 1 N–H and O–H groups in total. The van der Waals surface area contributed by atoms with E-state index >= 15 is 0 Å². The normalized spacial score (nSPS) is 10.8. The molecule has 0 heterocycles. The Morgan fingerprint density at radius 1 is 1.00 bits per heavy atom. The van der Waals surface area contributed by atoms with Crippen LogP contribution in [0.25, 0.3) is 17.2 Å². The number of ether oxygens (including phenoxy) is 1. The van der Waals surface area contributed by atoms with Gasteiger partial charge < -0.3 is 9.84 Å². The van der Waals surface area contributed by atoms with Gasteiger partial charge in [0.25, 0.3) is 0 Å². The van der Waals surface area contributed by atoms with E-state index in [4.69, 9.17) is 16.3 Å². The molecule has 0 fully saturated rings. The van der Waals surface area contributed by atoms with E-state index in [2.05, 4.69) is 0 Å². The Morgan fingerprint density at radius 2 is 1.65 bits per heavy atom. The van der Waals surface area contributed by atoms with E-state index in [0.717, 1.165) is 11.1 Å². The smallest absolute Gasteiger partial charge is 0.185 e. The molecule has 0 saturated heterocycles. The van der Waals surface area contributed by atoms with Crippen LogP contribution in [0.3, 0.4) is 0 Å². The van der Waals surface area contributed by atoms with Crippen LogP contribution >= 0.6 is 11.6 Å². The summed E-state index contributed by atoms with van der Waals surface area (Å²) in [4.78, 5) is 12.4. The lowest BCUT2D eigenvalue weighted by molar-refractivity contribution is 0.104. The molecule has 0 aliphatic carbocycles. The standard InChI is InChI=1S/C22H17ClO3/c1-26-21-14-15(13-19(23)22(21)25)7-12-20(24)18-10-8-17(9-11-18)16-5-3-2-4-6-16/h2-14,25H,1H3/b12-7+. The van der Waals surface area contributed by atoms with Gasteiger partial charge in [0.05, 0.1) is 12.1 Å². The van der Waals surface area contributed by atoms with Crippen LogP contribution in [0.15, 0.2) is 72.8 Å². The second-order valence-corrected chi connectivity index (χ2v) is 6.10. The van der Waals surface area contributed by atoms with Crippen LogP contribution in [0, 0.1) is 0 Å². The molecule has 0 aliphatic heterocycles. The molecule has 26 heavy (non-hydrogen) atoms. The first-order valence-electron chi connectivity index (χ1n) is 8.03. The van der Waals surface area contributed by atoms with Gasteiger partial charge in [0, 0.05) is 5.56 Å². The number of hydrogen-bond acceptors (Lipinski definition) is 3. The van der Waals surface area contributed by atoms with E-state index in [0.29, 0.717) is 11.1 Å². The molecular weight excluding hydrogens is 348 g/mol. The van der Waals surface area contributed by atoms with E-state index in [1.165, 1.54) is 13.2 Å². The average molecular weight is 365 g/mol. The molecule has 0 bridgehead atoms. The Labute approximate surface area is 157 Å². The fraction of sp³-hybridized carbons (Fsp3) is 0.0455. The summed E-state index contributed by atoms with van der Waals surface area (Å²) in [5, 5.41) is 9.92. The number of phenolic OH excluding ortho intramolecular Hbond substituents is 1. The highest BCUT2D eigenvalue weighted by atomic mass is 35.5. The second kappa shape index (κ2) is 7.89. The third-order valence-corrected chi connectivity index (χ3v) is 4.26. The van der Waals surface area contributed by atoms with Gasteiger partial charge in [0.15, 0.2) is 17.3 Å². The van der Waals surface area contributed by atoms with Crippen molar-refractivity contribution in [3.05, 3.63) is 89.0 Å². The van der Waals surface area contributed by atoms with Crippen molar-refractivity contribution in [2.24, 2.45) is 0 Å². The number of benzene rings is 3. The molecule has 3 nitrogen and oxygen atoms in total. The molecule has 3 aromatic rings. The quantitative estimate of drug-likeness (QED) is 0.472. The fourth-order valence-electron chi connectivity index (χ4n) is 2.57. The molecular formula is C22H17ClO3. The number of methoxy groups -OCH3 is 1. The van der Waals surface area contributed by atoms with Crippen molar-refractivity contribution in [2.45, 2.75) is 0 Å². The zero-order chi connectivity index (χ0) is 18.5. The average Bonchev–Trinajstić information content (AvgIpc) is 2.69. The van der Waals surface area contributed by atoms with Crippen LogP contribution in [0.1, 0.15) is 15.9 Å². The second-order valence-electron chi connectivity index (χ2n) is 5.69. The zero-order valence-corrected chi connectivity index (χ0v) is 14.9. The highest BCUT2D eigenvalue weighted by Crippen LogP contribution is 2.35. The molecule has 130 valence electrons. The van der Waals surface area contributed by atoms with E-state index in [9.17, 15) is 9.90 Å². The molecule has 0 unspecified atom stereocenters. The van der Waals surface area contributed by atoms with Crippen LogP contribution < -0.4 is 4.74 Å². The van der Waals surface area contributed by atoms with Crippen molar-refractivity contribution in [1.82, 2.24) is 0 Å². The minimum absolute atomic E-state index is 0.117. The largest absolute Gasteiger partial charge is 0.503 e. The topological polar surface area (TPSA) is 46.5 Å². The molecule has 0 radical (unpaired) electrons. The van der Waals surface area contributed by atoms with Gasteiger partial charge in [-0.3, -0.25) is 4.79 Å². The van der Waals surface area contributed by atoms with Crippen molar-refractivity contribution in [3.8, 4) is 22.6 Å². The molecule has 0 aromatic heterocycles. The summed E-state index contributed by atoms with van der Waals surface area (Å²) in [5.74, 6) is 0.0266. The van der Waals surface area contributed by atoms with E-state index in [1.807, 2.05) is 42.5 Å². The molecule has 0 amide bonds. The van der Waals surface area contributed by atoms with Gasteiger partial charge >= 0.3 is 0 Å². The summed E-state index contributed by atoms with van der Waals surface area (Å²) in [6, 6.07) is 20.6. The Balaban J connectivity index is 1.78. The van der Waals surface area contributed by atoms with Gasteiger partial charge in [0.1, 0.15) is 0 Å². The number of rotatable bonds is 5. The predicted octanol–water partition coefficient (Wildman–Crippen LogP) is 5.62. The Bertz CT molecular complexity index is 945. The lowest BCUT2D eigenvalue weighted by atomic mass is 10.0. The van der Waals surface area contributed by atoms with Crippen molar-refractivity contribution in [3.63, 3.8) is 0 Å². The summed E-state index contributed by atoms with van der Waals surface area (Å²) in [7, 11) is 1.44. The summed E-state index contributed by atoms with van der Waals surface area (Å²) in [6.07, 6.45) is 3.11. The third kappa shape index (κ3) is 3.95. The number of aromatic hydroxyl groups is 1. The zero-order valence-electron chi connectivity index (χ0n) is 14.1. The van der Waals surface area contributed by atoms with Crippen molar-refractivity contribution in [2.75, 3.05) is 7.11 Å². The molecule has 3 rings (SSSR count). The summed E-state index contributed by atoms with van der Waals surface area (Å²) in [5.41, 5.74) is 3.42. The predicted molar refractivity (Wildman–Crippen MR) is 105 cm³/mol. The van der Waals surface area contributed by atoms with Crippen LogP contribution in [-0.2, 0) is 0 Å². The summed E-state index contributed by atoms with van der Waals surface area (Å²) in [6.45, 7) is 0. The molecule has 4 heteroatoms. The number of ketones is 1. The highest BCUT2D eigenvalue weighted by molar-refractivity contribution is 6.32. The maximum absolute atomic E-state index is 12.4. The Kier molecular flexibility index (Phi) is 5.40. The van der Waals surface area contributed by atoms with E-state index in [1.54, 1.807) is 30.3 Å². The number of halogens is 1. The van der Waals surface area contributed by atoms with Gasteiger partial charge in [-0.1, -0.05) is 72.3 Å². The first-order valence-corrected chi connectivity index (χ1v) is 8.40. The first kappa shape index (κ1) is 17.8. The van der Waals surface area contributed by atoms with Gasteiger partial charge in [-0.15, -0.1) is 0 Å². The van der Waals surface area contributed by atoms with Gasteiger partial charge in [-0.25, -0.2) is 0 Å². The van der Waals surface area contributed by atoms with Crippen LogP contribution in [-0.4, -0.2) is 18.0 Å². The van der Waals surface area contributed by atoms with Crippen molar-refractivity contribution < 1.29 is 14.6 Å². The Morgan fingerprint density at radius 3 is 2.31 bits per heavy atom. The first-order chi connectivity index (χ1) is 12.6. The summed E-state index contributed by atoms with van der Waals surface area (Å²) < 4.78 is 5.06. The van der Waals surface area contributed by atoms with Crippen molar-refractivity contribution in [1.29, 1.82) is 0 Å². The summed E-state index contributed by atoms with van der Waals surface area (Å²) >= 11 is 5.96. The Hall–Kier alpha value is -3.04. The SMILES string of the molecule is COc1cc(/C=C/C(=O)c2ccc(-c3ccccc3)cc2)cc(Cl)c1O. The molecule has 0 saturated carbocycles. The maximum Gasteiger partial charge on any atom is 0.185 e. The highest BCUT2D eigenvalue weighted by Gasteiger charge is 2.08. The third-order valence-electron chi connectivity index (χ3n) is 3.97. The van der Waals surface area contributed by atoms with E-state index < -0.39 is 0 Å². The molecule has 3 aromatic carbocycles. The van der Waals surface area contributed by atoms with Gasteiger partial charge in [-0.05, 0) is 34.9 Å². The monoisotopic (exact) mass is 364 g/mol. The van der Waals surface area contributed by atoms with Crippen LogP contribution in [0.2, 0.25) is 5.02 Å². The van der Waals surface area contributed by atoms with Crippen LogP contribution in [0.5, 0.6) is 11.5 Å². The van der Waals surface area contributed by atoms with Gasteiger partial charge in [-0.2, -0.15) is 0 Å². The fourth-order valence-corrected chi connectivity index (χ4v) is 2.79. The minimum atomic E-state index is -0.118.